The van der Waals surface area contributed by atoms with Gasteiger partial charge >= 0.3 is 0 Å². The molecule has 0 radical (unpaired) electrons. The first-order valence-corrected chi connectivity index (χ1v) is 12.4. The Hall–Kier alpha value is -1.60. The Bertz CT molecular complexity index is 963. The van der Waals surface area contributed by atoms with E-state index in [0.717, 1.165) is 5.56 Å². The number of sulfonamides is 1. The van der Waals surface area contributed by atoms with Gasteiger partial charge < -0.3 is 5.32 Å². The fraction of sp³-hybridized carbons (Fsp3) is 0.409. The largest absolute Gasteiger partial charge is 0.355 e. The molecule has 3 rings (SSSR count). The van der Waals surface area contributed by atoms with Gasteiger partial charge in [-0.2, -0.15) is 0 Å². The van der Waals surface area contributed by atoms with Crippen molar-refractivity contribution < 1.29 is 13.2 Å². The van der Waals surface area contributed by atoms with Gasteiger partial charge in [-0.15, -0.1) is 0 Å². The van der Waals surface area contributed by atoms with Crippen LogP contribution in [0.5, 0.6) is 0 Å². The molecule has 0 bridgehead atoms. The van der Waals surface area contributed by atoms with E-state index in [1.165, 1.54) is 4.31 Å². The molecule has 5 nitrogen and oxygen atoms in total. The molecule has 0 spiro atoms. The minimum atomic E-state index is -3.64. The fourth-order valence-corrected chi connectivity index (χ4v) is 6.01. The van der Waals surface area contributed by atoms with Crippen molar-refractivity contribution in [2.24, 2.45) is 5.92 Å². The number of hydrogen-bond acceptors (Lipinski definition) is 3. The van der Waals surface area contributed by atoms with E-state index < -0.39 is 10.0 Å². The summed E-state index contributed by atoms with van der Waals surface area (Å²) < 4.78 is 27.3. The minimum absolute atomic E-state index is 0.103. The first kappa shape index (κ1) is 23.1. The molecular weight excluding hydrogens is 443 g/mol. The van der Waals surface area contributed by atoms with Gasteiger partial charge in [0.2, 0.25) is 15.9 Å². The van der Waals surface area contributed by atoms with Crippen molar-refractivity contribution in [3.63, 3.8) is 0 Å². The van der Waals surface area contributed by atoms with Crippen LogP contribution in [0.25, 0.3) is 0 Å². The van der Waals surface area contributed by atoms with E-state index in [1.54, 1.807) is 18.2 Å². The number of nitrogens with zero attached hydrogens (tertiary/aromatic N) is 1. The quantitative estimate of drug-likeness (QED) is 0.652. The number of amides is 1. The Balaban J connectivity index is 1.60. The van der Waals surface area contributed by atoms with Crippen LogP contribution in [0.3, 0.4) is 0 Å². The molecule has 0 saturated carbocycles. The highest BCUT2D eigenvalue weighted by Gasteiger charge is 2.33. The molecule has 0 aliphatic carbocycles. The Morgan fingerprint density at radius 2 is 1.80 bits per heavy atom. The van der Waals surface area contributed by atoms with E-state index in [9.17, 15) is 13.2 Å². The zero-order valence-electron chi connectivity index (χ0n) is 16.9. The first-order chi connectivity index (χ1) is 14.3. The number of benzene rings is 2. The second kappa shape index (κ2) is 10.1. The SMILES string of the molecule is C[C@H](CNC(=O)[C@H]1CCCN(S(=O)(=O)Cc2c(Cl)cccc2Cl)C1)c1ccccc1. The topological polar surface area (TPSA) is 66.5 Å². The summed E-state index contributed by atoms with van der Waals surface area (Å²) in [5.74, 6) is -0.558. The summed E-state index contributed by atoms with van der Waals surface area (Å²) in [6.45, 7) is 3.15. The molecule has 0 unspecified atom stereocenters. The van der Waals surface area contributed by atoms with Crippen LogP contribution in [0.15, 0.2) is 48.5 Å². The number of piperidine rings is 1. The van der Waals surface area contributed by atoms with Gasteiger partial charge in [0.15, 0.2) is 0 Å². The van der Waals surface area contributed by atoms with Crippen LogP contribution in [-0.2, 0) is 20.6 Å². The number of hydrogen-bond donors (Lipinski definition) is 1. The second-order valence-corrected chi connectivity index (χ2v) is 10.5. The third-order valence-electron chi connectivity index (χ3n) is 5.49. The van der Waals surface area contributed by atoms with Gasteiger partial charge in [0.25, 0.3) is 0 Å². The van der Waals surface area contributed by atoms with Crippen molar-refractivity contribution in [1.29, 1.82) is 0 Å². The summed E-state index contributed by atoms with van der Waals surface area (Å²) in [5, 5.41) is 3.64. The average molecular weight is 469 g/mol. The lowest BCUT2D eigenvalue weighted by molar-refractivity contribution is -0.126. The number of carbonyl (C=O) groups excluding carboxylic acids is 1. The Morgan fingerprint density at radius 3 is 2.47 bits per heavy atom. The summed E-state index contributed by atoms with van der Waals surface area (Å²) in [6.07, 6.45) is 1.31. The molecule has 1 aliphatic heterocycles. The molecular formula is C22H26Cl2N2O3S. The average Bonchev–Trinajstić information content (AvgIpc) is 2.75. The molecule has 2 aromatic rings. The van der Waals surface area contributed by atoms with Gasteiger partial charge in [-0.25, -0.2) is 12.7 Å². The van der Waals surface area contributed by atoms with Gasteiger partial charge in [0.1, 0.15) is 0 Å². The maximum atomic E-state index is 13.0. The zero-order chi connectivity index (χ0) is 21.7. The number of nitrogens with one attached hydrogen (secondary N) is 1. The van der Waals surface area contributed by atoms with E-state index >= 15 is 0 Å². The summed E-state index contributed by atoms with van der Waals surface area (Å²) in [5.41, 5.74) is 1.55. The second-order valence-electron chi connectivity index (χ2n) is 7.71. The molecule has 1 N–H and O–H groups in total. The van der Waals surface area contributed by atoms with E-state index in [-0.39, 0.29) is 30.0 Å². The van der Waals surface area contributed by atoms with E-state index in [4.69, 9.17) is 23.2 Å². The molecule has 30 heavy (non-hydrogen) atoms. The highest BCUT2D eigenvalue weighted by Crippen LogP contribution is 2.29. The number of halogens is 2. The van der Waals surface area contributed by atoms with Crippen molar-refractivity contribution in [2.45, 2.75) is 31.4 Å². The number of carbonyl (C=O) groups is 1. The Labute approximate surface area is 188 Å². The normalized spacial score (nSPS) is 18.7. The molecule has 1 fully saturated rings. The van der Waals surface area contributed by atoms with Gasteiger partial charge in [-0.3, -0.25) is 4.79 Å². The Kier molecular flexibility index (Phi) is 7.80. The predicted octanol–water partition coefficient (Wildman–Crippen LogP) is 4.46. The lowest BCUT2D eigenvalue weighted by Gasteiger charge is -2.31. The lowest BCUT2D eigenvalue weighted by Crippen LogP contribution is -2.46. The molecule has 2 aromatic carbocycles. The Morgan fingerprint density at radius 1 is 1.13 bits per heavy atom. The maximum Gasteiger partial charge on any atom is 0.224 e. The lowest BCUT2D eigenvalue weighted by atomic mass is 9.97. The third kappa shape index (κ3) is 5.76. The zero-order valence-corrected chi connectivity index (χ0v) is 19.2. The van der Waals surface area contributed by atoms with Crippen LogP contribution in [0.1, 0.15) is 36.8 Å². The molecule has 1 aliphatic rings. The first-order valence-electron chi connectivity index (χ1n) is 10.0. The molecule has 8 heteroatoms. The monoisotopic (exact) mass is 468 g/mol. The van der Waals surface area contributed by atoms with Crippen LogP contribution < -0.4 is 5.32 Å². The van der Waals surface area contributed by atoms with Gasteiger partial charge in [-0.1, -0.05) is 66.5 Å². The van der Waals surface area contributed by atoms with Crippen LogP contribution in [-0.4, -0.2) is 38.3 Å². The van der Waals surface area contributed by atoms with E-state index in [0.29, 0.717) is 41.5 Å². The number of rotatable bonds is 7. The highest BCUT2D eigenvalue weighted by molar-refractivity contribution is 7.88. The smallest absolute Gasteiger partial charge is 0.224 e. The fourth-order valence-electron chi connectivity index (χ4n) is 3.65. The van der Waals surface area contributed by atoms with Crippen molar-refractivity contribution in [3.05, 3.63) is 69.7 Å². The molecule has 1 saturated heterocycles. The van der Waals surface area contributed by atoms with Crippen LogP contribution >= 0.6 is 23.2 Å². The molecule has 1 amide bonds. The predicted molar refractivity (Wildman–Crippen MR) is 121 cm³/mol. The summed E-state index contributed by atoms with van der Waals surface area (Å²) in [6, 6.07) is 14.9. The third-order valence-corrected chi connectivity index (χ3v) is 7.97. The molecule has 162 valence electrons. The molecule has 0 aromatic heterocycles. The van der Waals surface area contributed by atoms with Crippen molar-refractivity contribution >= 4 is 39.1 Å². The van der Waals surface area contributed by atoms with Crippen LogP contribution in [0, 0.1) is 5.92 Å². The summed E-state index contributed by atoms with van der Waals surface area (Å²) >= 11 is 12.3. The summed E-state index contributed by atoms with van der Waals surface area (Å²) in [7, 11) is -3.64. The molecule has 1 heterocycles. The molecule has 2 atom stereocenters. The highest BCUT2D eigenvalue weighted by atomic mass is 35.5. The van der Waals surface area contributed by atoms with Gasteiger partial charge in [0.05, 0.1) is 11.7 Å². The van der Waals surface area contributed by atoms with E-state index in [2.05, 4.69) is 12.2 Å². The van der Waals surface area contributed by atoms with Crippen molar-refractivity contribution in [1.82, 2.24) is 9.62 Å². The van der Waals surface area contributed by atoms with Crippen molar-refractivity contribution in [3.8, 4) is 0 Å². The van der Waals surface area contributed by atoms with Gasteiger partial charge in [0, 0.05) is 35.2 Å². The van der Waals surface area contributed by atoms with Gasteiger partial charge in [-0.05, 0) is 36.5 Å². The maximum absolute atomic E-state index is 13.0. The van der Waals surface area contributed by atoms with Crippen molar-refractivity contribution in [2.75, 3.05) is 19.6 Å². The van der Waals surface area contributed by atoms with Crippen LogP contribution in [0.4, 0.5) is 0 Å². The minimum Gasteiger partial charge on any atom is -0.355 e. The standard InChI is InChI=1S/C22H26Cl2N2O3S/c1-16(17-7-3-2-4-8-17)13-25-22(27)18-9-6-12-26(14-18)30(28,29)15-19-20(23)10-5-11-21(19)24/h2-5,7-8,10-11,16,18H,6,9,12-15H2,1H3,(H,25,27)/t16-,18+/m1/s1. The summed E-state index contributed by atoms with van der Waals surface area (Å²) in [4.78, 5) is 12.7. The van der Waals surface area contributed by atoms with E-state index in [1.807, 2.05) is 30.3 Å². The van der Waals surface area contributed by atoms with Crippen LogP contribution in [0.2, 0.25) is 10.0 Å².